The Kier molecular flexibility index (Phi) is 3.46. The number of halogens is 1. The van der Waals surface area contributed by atoms with Crippen LogP contribution < -0.4 is 5.32 Å². The molecule has 4 nitrogen and oxygen atoms in total. The van der Waals surface area contributed by atoms with E-state index >= 15 is 0 Å². The minimum absolute atomic E-state index is 0.516. The molecule has 2 heterocycles. The molecular weight excluding hydrogens is 303 g/mol. The largest absolute Gasteiger partial charge is 0.355 e. The van der Waals surface area contributed by atoms with Gasteiger partial charge in [-0.1, -0.05) is 12.1 Å². The van der Waals surface area contributed by atoms with E-state index in [0.717, 1.165) is 22.3 Å². The number of H-pyrrole nitrogens is 1. The molecule has 0 spiro atoms. The first kappa shape index (κ1) is 14.4. The van der Waals surface area contributed by atoms with E-state index in [1.807, 2.05) is 30.3 Å². The van der Waals surface area contributed by atoms with Crippen molar-refractivity contribution in [3.05, 3.63) is 72.3 Å². The summed E-state index contributed by atoms with van der Waals surface area (Å²) in [7, 11) is 0. The van der Waals surface area contributed by atoms with E-state index in [2.05, 4.69) is 39.6 Å². The van der Waals surface area contributed by atoms with Gasteiger partial charge in [-0.2, -0.15) is 9.49 Å². The predicted octanol–water partition coefficient (Wildman–Crippen LogP) is 4.82. The van der Waals surface area contributed by atoms with E-state index in [-0.39, 0.29) is 0 Å². The lowest BCUT2D eigenvalue weighted by Gasteiger charge is -2.07. The van der Waals surface area contributed by atoms with Crippen LogP contribution in [-0.2, 0) is 0 Å². The fourth-order valence-corrected chi connectivity index (χ4v) is 2.75. The Hall–Kier alpha value is -3.21. The smallest absolute Gasteiger partial charge is 0.213 e. The minimum atomic E-state index is -0.516. The van der Waals surface area contributed by atoms with Crippen molar-refractivity contribution in [1.29, 1.82) is 0 Å². The van der Waals surface area contributed by atoms with Crippen LogP contribution >= 0.6 is 0 Å². The van der Waals surface area contributed by atoms with Crippen molar-refractivity contribution in [1.82, 2.24) is 15.2 Å². The summed E-state index contributed by atoms with van der Waals surface area (Å²) in [5.41, 5.74) is 5.47. The number of aromatic amines is 1. The number of aromatic nitrogens is 3. The first-order valence-electron chi connectivity index (χ1n) is 7.63. The lowest BCUT2D eigenvalue weighted by molar-refractivity contribution is 0.584. The van der Waals surface area contributed by atoms with Crippen molar-refractivity contribution in [2.45, 2.75) is 6.92 Å². The summed E-state index contributed by atoms with van der Waals surface area (Å²) in [5, 5.41) is 11.6. The van der Waals surface area contributed by atoms with E-state index < -0.39 is 5.95 Å². The zero-order chi connectivity index (χ0) is 16.5. The monoisotopic (exact) mass is 318 g/mol. The van der Waals surface area contributed by atoms with Gasteiger partial charge < -0.3 is 5.32 Å². The van der Waals surface area contributed by atoms with Crippen LogP contribution in [0, 0.1) is 12.9 Å². The number of nitrogens with one attached hydrogen (secondary N) is 2. The van der Waals surface area contributed by atoms with Gasteiger partial charge in [-0.15, -0.1) is 0 Å². The first-order valence-corrected chi connectivity index (χ1v) is 7.63. The maximum Gasteiger partial charge on any atom is 0.213 e. The maximum absolute atomic E-state index is 13.4. The molecule has 0 unspecified atom stereocenters. The lowest BCUT2D eigenvalue weighted by Crippen LogP contribution is -1.90. The topological polar surface area (TPSA) is 53.6 Å². The molecule has 0 amide bonds. The second-order valence-corrected chi connectivity index (χ2v) is 5.69. The first-order chi connectivity index (χ1) is 11.7. The second kappa shape index (κ2) is 5.77. The highest BCUT2D eigenvalue weighted by atomic mass is 19.1. The molecule has 0 saturated carbocycles. The third-order valence-electron chi connectivity index (χ3n) is 3.87. The highest BCUT2D eigenvalue weighted by molar-refractivity contribution is 5.95. The summed E-state index contributed by atoms with van der Waals surface area (Å²) in [6.45, 7) is 2.06. The highest BCUT2D eigenvalue weighted by Crippen LogP contribution is 2.29. The molecule has 2 N–H and O–H groups in total. The molecule has 0 bridgehead atoms. The SMILES string of the molecule is Cc1cccc(Nc2ccc3[nH]nc(-c4ccnc(F)c4)c3c2)c1. The van der Waals surface area contributed by atoms with Crippen LogP contribution in [0.1, 0.15) is 5.56 Å². The van der Waals surface area contributed by atoms with E-state index in [0.29, 0.717) is 11.3 Å². The van der Waals surface area contributed by atoms with Gasteiger partial charge in [0.25, 0.3) is 0 Å². The number of anilines is 2. The molecule has 5 heteroatoms. The van der Waals surface area contributed by atoms with Crippen LogP contribution in [-0.4, -0.2) is 15.2 Å². The van der Waals surface area contributed by atoms with E-state index in [4.69, 9.17) is 0 Å². The van der Waals surface area contributed by atoms with Crippen molar-refractivity contribution in [3.8, 4) is 11.3 Å². The number of rotatable bonds is 3. The Morgan fingerprint density at radius 3 is 2.71 bits per heavy atom. The lowest BCUT2D eigenvalue weighted by atomic mass is 10.1. The number of hydrogen-bond donors (Lipinski definition) is 2. The fourth-order valence-electron chi connectivity index (χ4n) is 2.75. The van der Waals surface area contributed by atoms with Crippen LogP contribution in [0.25, 0.3) is 22.2 Å². The Balaban J connectivity index is 1.76. The quantitative estimate of drug-likeness (QED) is 0.533. The minimum Gasteiger partial charge on any atom is -0.355 e. The van der Waals surface area contributed by atoms with Gasteiger partial charge >= 0.3 is 0 Å². The summed E-state index contributed by atoms with van der Waals surface area (Å²) in [4.78, 5) is 3.59. The maximum atomic E-state index is 13.4. The molecule has 4 rings (SSSR count). The van der Waals surface area contributed by atoms with Crippen molar-refractivity contribution in [3.63, 3.8) is 0 Å². The van der Waals surface area contributed by atoms with Crippen LogP contribution in [0.15, 0.2) is 60.8 Å². The van der Waals surface area contributed by atoms with Crippen LogP contribution in [0.4, 0.5) is 15.8 Å². The average molecular weight is 318 g/mol. The van der Waals surface area contributed by atoms with Gasteiger partial charge in [0.05, 0.1) is 5.52 Å². The molecule has 2 aromatic heterocycles. The van der Waals surface area contributed by atoms with E-state index in [9.17, 15) is 4.39 Å². The van der Waals surface area contributed by atoms with Crippen molar-refractivity contribution in [2.75, 3.05) is 5.32 Å². The number of benzene rings is 2. The number of aryl methyl sites for hydroxylation is 1. The van der Waals surface area contributed by atoms with Gasteiger partial charge in [0.1, 0.15) is 5.69 Å². The van der Waals surface area contributed by atoms with Gasteiger partial charge in [-0.3, -0.25) is 5.10 Å². The number of pyridine rings is 1. The van der Waals surface area contributed by atoms with Gasteiger partial charge in [0.2, 0.25) is 5.95 Å². The third kappa shape index (κ3) is 2.72. The van der Waals surface area contributed by atoms with Crippen LogP contribution in [0.3, 0.4) is 0 Å². The normalized spacial score (nSPS) is 10.9. The molecule has 0 saturated heterocycles. The summed E-state index contributed by atoms with van der Waals surface area (Å²) >= 11 is 0. The molecule has 0 aliphatic heterocycles. The predicted molar refractivity (Wildman–Crippen MR) is 93.7 cm³/mol. The third-order valence-corrected chi connectivity index (χ3v) is 3.87. The van der Waals surface area contributed by atoms with E-state index in [1.54, 1.807) is 6.07 Å². The number of fused-ring (bicyclic) bond motifs is 1. The molecule has 4 aromatic rings. The number of hydrogen-bond acceptors (Lipinski definition) is 3. The molecule has 0 atom stereocenters. The zero-order valence-electron chi connectivity index (χ0n) is 13.0. The fraction of sp³-hybridized carbons (Fsp3) is 0.0526. The molecule has 0 aliphatic carbocycles. The van der Waals surface area contributed by atoms with E-state index in [1.165, 1.54) is 17.8 Å². The van der Waals surface area contributed by atoms with Gasteiger partial charge in [-0.25, -0.2) is 4.98 Å². The second-order valence-electron chi connectivity index (χ2n) is 5.69. The Morgan fingerprint density at radius 1 is 1.00 bits per heavy atom. The number of nitrogens with zero attached hydrogens (tertiary/aromatic N) is 2. The van der Waals surface area contributed by atoms with Crippen molar-refractivity contribution in [2.24, 2.45) is 0 Å². The molecule has 0 fully saturated rings. The molecule has 2 aromatic carbocycles. The van der Waals surface area contributed by atoms with Gasteiger partial charge in [-0.05, 0) is 48.9 Å². The van der Waals surface area contributed by atoms with Crippen LogP contribution in [0.5, 0.6) is 0 Å². The van der Waals surface area contributed by atoms with Crippen molar-refractivity contribution < 1.29 is 4.39 Å². The molecule has 0 radical (unpaired) electrons. The standard InChI is InChI=1S/C19H15FN4/c1-12-3-2-4-14(9-12)22-15-5-6-17-16(11-15)19(24-23-17)13-7-8-21-18(20)10-13/h2-11,22H,1H3,(H,23,24). The van der Waals surface area contributed by atoms with Gasteiger partial charge in [0, 0.05) is 34.6 Å². The van der Waals surface area contributed by atoms with Crippen LogP contribution in [0.2, 0.25) is 0 Å². The summed E-state index contributed by atoms with van der Waals surface area (Å²) < 4.78 is 13.4. The molecule has 0 aliphatic rings. The van der Waals surface area contributed by atoms with Crippen molar-refractivity contribution >= 4 is 22.3 Å². The summed E-state index contributed by atoms with van der Waals surface area (Å²) in [5.74, 6) is -0.516. The summed E-state index contributed by atoms with van der Waals surface area (Å²) in [6.07, 6.45) is 1.44. The highest BCUT2D eigenvalue weighted by Gasteiger charge is 2.10. The summed E-state index contributed by atoms with van der Waals surface area (Å²) in [6, 6.07) is 17.3. The zero-order valence-corrected chi connectivity index (χ0v) is 13.0. The molecular formula is C19H15FN4. The van der Waals surface area contributed by atoms with Gasteiger partial charge in [0.15, 0.2) is 0 Å². The Bertz CT molecular complexity index is 1020. The average Bonchev–Trinajstić information content (AvgIpc) is 2.98. The Labute approximate surface area is 138 Å². The molecule has 24 heavy (non-hydrogen) atoms. The Morgan fingerprint density at radius 2 is 1.88 bits per heavy atom. The molecule has 118 valence electrons.